The summed E-state index contributed by atoms with van der Waals surface area (Å²) in [5, 5.41) is 11.3. The van der Waals surface area contributed by atoms with Gasteiger partial charge in [0.15, 0.2) is 5.78 Å². The summed E-state index contributed by atoms with van der Waals surface area (Å²) >= 11 is 0. The van der Waals surface area contributed by atoms with E-state index in [1.54, 1.807) is 36.4 Å². The van der Waals surface area contributed by atoms with Crippen molar-refractivity contribution in [3.63, 3.8) is 0 Å². The molecule has 2 aromatic carbocycles. The van der Waals surface area contributed by atoms with Gasteiger partial charge in [-0.2, -0.15) is 5.26 Å². The Labute approximate surface area is 158 Å². The molecule has 1 amide bonds. The third-order valence-corrected chi connectivity index (χ3v) is 4.89. The molecule has 0 spiro atoms. The van der Waals surface area contributed by atoms with Crippen LogP contribution >= 0.6 is 0 Å². The van der Waals surface area contributed by atoms with E-state index in [-0.39, 0.29) is 17.9 Å². The van der Waals surface area contributed by atoms with Crippen LogP contribution in [-0.4, -0.2) is 32.9 Å². The normalized spacial score (nSPS) is 10.7. The quantitative estimate of drug-likeness (QED) is 0.736. The molecule has 8 heteroatoms. The lowest BCUT2D eigenvalue weighted by molar-refractivity contribution is -0.114. The predicted molar refractivity (Wildman–Crippen MR) is 103 cm³/mol. The van der Waals surface area contributed by atoms with Crippen LogP contribution < -0.4 is 9.62 Å². The average molecular weight is 385 g/mol. The molecule has 0 bridgehead atoms. The van der Waals surface area contributed by atoms with Gasteiger partial charge in [0, 0.05) is 11.3 Å². The second kappa shape index (κ2) is 8.47. The number of rotatable bonds is 7. The van der Waals surface area contributed by atoms with Crippen LogP contribution in [0.25, 0.3) is 0 Å². The number of anilines is 2. The minimum Gasteiger partial charge on any atom is -0.325 e. The molecule has 0 saturated heterocycles. The number of carbonyl (C=O) groups excluding carboxylic acids is 2. The van der Waals surface area contributed by atoms with Crippen LogP contribution in [0.1, 0.15) is 22.8 Å². The van der Waals surface area contributed by atoms with Crippen LogP contribution in [0.4, 0.5) is 11.4 Å². The zero-order valence-electron chi connectivity index (χ0n) is 15.0. The number of nitriles is 1. The summed E-state index contributed by atoms with van der Waals surface area (Å²) in [7, 11) is -3.74. The molecule has 2 rings (SSSR count). The molecule has 27 heavy (non-hydrogen) atoms. The summed E-state index contributed by atoms with van der Waals surface area (Å²) in [6.07, 6.45) is 1.26. The van der Waals surface area contributed by atoms with Crippen molar-refractivity contribution in [1.29, 1.82) is 5.26 Å². The van der Waals surface area contributed by atoms with Crippen molar-refractivity contribution in [3.8, 4) is 6.07 Å². The Balaban J connectivity index is 2.19. The lowest BCUT2D eigenvalue weighted by Crippen LogP contribution is -2.37. The van der Waals surface area contributed by atoms with E-state index in [0.717, 1.165) is 16.1 Å². The van der Waals surface area contributed by atoms with Gasteiger partial charge in [0.05, 0.1) is 24.4 Å². The second-order valence-electron chi connectivity index (χ2n) is 5.96. The number of benzene rings is 2. The van der Waals surface area contributed by atoms with Crippen LogP contribution in [0, 0.1) is 11.3 Å². The first kappa shape index (κ1) is 20.1. The van der Waals surface area contributed by atoms with E-state index in [1.165, 1.54) is 19.1 Å². The van der Waals surface area contributed by atoms with Crippen LogP contribution in [0.2, 0.25) is 0 Å². The first-order valence-corrected chi connectivity index (χ1v) is 9.90. The lowest BCUT2D eigenvalue weighted by atomic mass is 10.1. The molecular weight excluding hydrogens is 366 g/mol. The standard InChI is InChI=1S/C19H19N3O4S/c1-14(23)16-4-3-5-18(12-16)22(27(2,25)26)13-19(24)21-17-8-6-15(7-9-17)10-11-20/h3-9,12H,10,13H2,1-2H3,(H,21,24). The van der Waals surface area contributed by atoms with Crippen LogP contribution in [-0.2, 0) is 21.2 Å². The third-order valence-electron chi connectivity index (χ3n) is 3.75. The monoisotopic (exact) mass is 385 g/mol. The number of Topliss-reactive ketones (excluding diaryl/α,β-unsaturated/α-hetero) is 1. The van der Waals surface area contributed by atoms with Crippen molar-refractivity contribution in [3.05, 3.63) is 59.7 Å². The van der Waals surface area contributed by atoms with E-state index in [4.69, 9.17) is 5.26 Å². The van der Waals surface area contributed by atoms with E-state index in [9.17, 15) is 18.0 Å². The Morgan fingerprint density at radius 3 is 2.37 bits per heavy atom. The molecule has 0 radical (unpaired) electrons. The Kier molecular flexibility index (Phi) is 6.32. The van der Waals surface area contributed by atoms with Gasteiger partial charge in [0.25, 0.3) is 0 Å². The van der Waals surface area contributed by atoms with E-state index in [2.05, 4.69) is 5.32 Å². The van der Waals surface area contributed by atoms with Crippen LogP contribution in [0.3, 0.4) is 0 Å². The fourth-order valence-electron chi connectivity index (χ4n) is 2.41. The van der Waals surface area contributed by atoms with Gasteiger partial charge in [0.2, 0.25) is 15.9 Å². The molecule has 0 atom stereocenters. The fourth-order valence-corrected chi connectivity index (χ4v) is 3.26. The summed E-state index contributed by atoms with van der Waals surface area (Å²) in [4.78, 5) is 23.9. The Morgan fingerprint density at radius 1 is 1.15 bits per heavy atom. The largest absolute Gasteiger partial charge is 0.325 e. The number of sulfonamides is 1. The van der Waals surface area contributed by atoms with E-state index in [0.29, 0.717) is 11.3 Å². The smallest absolute Gasteiger partial charge is 0.245 e. The molecule has 0 aliphatic carbocycles. The van der Waals surface area contributed by atoms with Crippen molar-refractivity contribution < 1.29 is 18.0 Å². The topological polar surface area (TPSA) is 107 Å². The highest BCUT2D eigenvalue weighted by atomic mass is 32.2. The highest BCUT2D eigenvalue weighted by Crippen LogP contribution is 2.20. The Morgan fingerprint density at radius 2 is 1.81 bits per heavy atom. The molecule has 0 fully saturated rings. The average Bonchev–Trinajstić information content (AvgIpc) is 2.61. The number of carbonyl (C=O) groups is 2. The minimum absolute atomic E-state index is 0.202. The number of amides is 1. The van der Waals surface area contributed by atoms with E-state index in [1.807, 2.05) is 6.07 Å². The molecular formula is C19H19N3O4S. The van der Waals surface area contributed by atoms with Crippen molar-refractivity contribution in [2.75, 3.05) is 22.4 Å². The molecule has 0 aliphatic rings. The lowest BCUT2D eigenvalue weighted by Gasteiger charge is -2.22. The molecule has 7 nitrogen and oxygen atoms in total. The number of nitrogens with zero attached hydrogens (tertiary/aromatic N) is 2. The van der Waals surface area contributed by atoms with Crippen molar-refractivity contribution in [2.24, 2.45) is 0 Å². The summed E-state index contributed by atoms with van der Waals surface area (Å²) < 4.78 is 25.2. The predicted octanol–water partition coefficient (Wildman–Crippen LogP) is 2.36. The summed E-state index contributed by atoms with van der Waals surface area (Å²) in [6.45, 7) is 0.951. The second-order valence-corrected chi connectivity index (χ2v) is 7.86. The summed E-state index contributed by atoms with van der Waals surface area (Å²) in [5.41, 5.74) is 1.90. The molecule has 1 N–H and O–H groups in total. The van der Waals surface area contributed by atoms with Gasteiger partial charge in [-0.15, -0.1) is 0 Å². The zero-order valence-corrected chi connectivity index (χ0v) is 15.8. The van der Waals surface area contributed by atoms with Gasteiger partial charge in [-0.05, 0) is 36.8 Å². The van der Waals surface area contributed by atoms with Gasteiger partial charge in [-0.1, -0.05) is 24.3 Å². The Hall–Kier alpha value is -3.18. The van der Waals surface area contributed by atoms with Crippen molar-refractivity contribution in [1.82, 2.24) is 0 Å². The zero-order chi connectivity index (χ0) is 20.0. The maximum atomic E-state index is 12.3. The highest BCUT2D eigenvalue weighted by Gasteiger charge is 2.21. The fraction of sp³-hybridized carbons (Fsp3) is 0.211. The molecule has 0 saturated carbocycles. The molecule has 140 valence electrons. The van der Waals surface area contributed by atoms with Gasteiger partial charge >= 0.3 is 0 Å². The maximum absolute atomic E-state index is 12.3. The third kappa shape index (κ3) is 5.66. The summed E-state index contributed by atoms with van der Waals surface area (Å²) in [6, 6.07) is 14.9. The van der Waals surface area contributed by atoms with Gasteiger partial charge < -0.3 is 5.32 Å². The first-order chi connectivity index (χ1) is 12.7. The SMILES string of the molecule is CC(=O)c1cccc(N(CC(=O)Nc2ccc(CC#N)cc2)S(C)(=O)=O)c1. The first-order valence-electron chi connectivity index (χ1n) is 8.05. The van der Waals surface area contributed by atoms with Crippen molar-refractivity contribution >= 4 is 33.1 Å². The van der Waals surface area contributed by atoms with Gasteiger partial charge in [-0.3, -0.25) is 13.9 Å². The van der Waals surface area contributed by atoms with E-state index < -0.39 is 22.5 Å². The van der Waals surface area contributed by atoms with Crippen LogP contribution in [0.5, 0.6) is 0 Å². The number of nitrogens with one attached hydrogen (secondary N) is 1. The highest BCUT2D eigenvalue weighted by molar-refractivity contribution is 7.92. The molecule has 0 heterocycles. The Bertz CT molecular complexity index is 992. The van der Waals surface area contributed by atoms with E-state index >= 15 is 0 Å². The molecule has 0 unspecified atom stereocenters. The molecule has 0 aliphatic heterocycles. The number of hydrogen-bond donors (Lipinski definition) is 1. The van der Waals surface area contributed by atoms with Gasteiger partial charge in [-0.25, -0.2) is 8.42 Å². The number of hydrogen-bond acceptors (Lipinski definition) is 5. The molecule has 2 aromatic rings. The molecule has 0 aromatic heterocycles. The van der Waals surface area contributed by atoms with Crippen LogP contribution in [0.15, 0.2) is 48.5 Å². The number of ketones is 1. The van der Waals surface area contributed by atoms with Gasteiger partial charge in [0.1, 0.15) is 6.54 Å². The maximum Gasteiger partial charge on any atom is 0.245 e. The summed E-state index contributed by atoms with van der Waals surface area (Å²) in [5.74, 6) is -0.728. The minimum atomic E-state index is -3.74. The van der Waals surface area contributed by atoms with Crippen molar-refractivity contribution in [2.45, 2.75) is 13.3 Å².